The van der Waals surface area contributed by atoms with Crippen LogP contribution in [0.25, 0.3) is 0 Å². The fourth-order valence-electron chi connectivity index (χ4n) is 0.590. The van der Waals surface area contributed by atoms with E-state index in [0.717, 1.165) is 0 Å². The smallest absolute Gasteiger partial charge is 0.157 e. The number of anilines is 1. The van der Waals surface area contributed by atoms with E-state index < -0.39 is 0 Å². The molecule has 1 rings (SSSR count). The Kier molecular flexibility index (Phi) is 2.29. The summed E-state index contributed by atoms with van der Waals surface area (Å²) in [7, 11) is 0. The largest absolute Gasteiger partial charge is 0.427 e. The van der Waals surface area contributed by atoms with Gasteiger partial charge >= 0.3 is 0 Å². The second-order valence-electron chi connectivity index (χ2n) is 1.78. The fraction of sp³-hybridized carbons (Fsp3) is 0. The van der Waals surface area contributed by atoms with Crippen molar-refractivity contribution in [3.05, 3.63) is 23.2 Å². The SMILES string of the molecule is Nc1ccc(Cl)c(OS)c1. The second kappa shape index (κ2) is 3.03. The molecule has 0 aliphatic rings. The minimum atomic E-state index is 0.477. The Morgan fingerprint density at radius 2 is 2.20 bits per heavy atom. The zero-order valence-corrected chi connectivity index (χ0v) is 6.69. The Balaban J connectivity index is 3.09. The lowest BCUT2D eigenvalue weighted by Crippen LogP contribution is -1.84. The van der Waals surface area contributed by atoms with E-state index in [1.807, 2.05) is 0 Å². The monoisotopic (exact) mass is 175 g/mol. The molecule has 0 radical (unpaired) electrons. The predicted octanol–water partition coefficient (Wildman–Crippen LogP) is 2.15. The lowest BCUT2D eigenvalue weighted by atomic mass is 10.3. The molecule has 1 aromatic carbocycles. The fourth-order valence-corrected chi connectivity index (χ4v) is 0.951. The molecule has 0 aliphatic carbocycles. The highest BCUT2D eigenvalue weighted by Crippen LogP contribution is 2.26. The number of benzene rings is 1. The Hall–Kier alpha value is -0.540. The normalized spacial score (nSPS) is 9.40. The maximum absolute atomic E-state index is 5.67. The number of hydrogen-bond donors (Lipinski definition) is 2. The molecular weight excluding hydrogens is 170 g/mol. The summed E-state index contributed by atoms with van der Waals surface area (Å²) in [5.74, 6) is 0.477. The van der Waals surface area contributed by atoms with Crippen LogP contribution in [0.15, 0.2) is 18.2 Å². The first-order valence-corrected chi connectivity index (χ1v) is 3.35. The van der Waals surface area contributed by atoms with E-state index in [9.17, 15) is 0 Å². The van der Waals surface area contributed by atoms with Gasteiger partial charge in [-0.1, -0.05) is 11.6 Å². The summed E-state index contributed by atoms with van der Waals surface area (Å²) >= 11 is 9.25. The highest BCUT2D eigenvalue weighted by molar-refractivity contribution is 7.75. The van der Waals surface area contributed by atoms with E-state index in [2.05, 4.69) is 17.1 Å². The van der Waals surface area contributed by atoms with Crippen LogP contribution in [0, 0.1) is 0 Å². The third-order valence-corrected chi connectivity index (χ3v) is 1.56. The first-order valence-electron chi connectivity index (χ1n) is 2.60. The first-order chi connectivity index (χ1) is 4.74. The Morgan fingerprint density at radius 3 is 2.70 bits per heavy atom. The van der Waals surface area contributed by atoms with E-state index in [-0.39, 0.29) is 0 Å². The van der Waals surface area contributed by atoms with Crippen LogP contribution in [0.4, 0.5) is 5.69 Å². The summed E-state index contributed by atoms with van der Waals surface area (Å²) < 4.78 is 4.61. The zero-order chi connectivity index (χ0) is 7.56. The highest BCUT2D eigenvalue weighted by Gasteiger charge is 1.98. The minimum Gasteiger partial charge on any atom is -0.427 e. The van der Waals surface area contributed by atoms with Crippen LogP contribution in [0.1, 0.15) is 0 Å². The van der Waals surface area contributed by atoms with Crippen molar-refractivity contribution in [2.75, 3.05) is 5.73 Å². The van der Waals surface area contributed by atoms with Gasteiger partial charge in [-0.05, 0) is 12.1 Å². The topological polar surface area (TPSA) is 35.2 Å². The van der Waals surface area contributed by atoms with Gasteiger partial charge in [0.1, 0.15) is 0 Å². The van der Waals surface area contributed by atoms with Gasteiger partial charge in [0.2, 0.25) is 0 Å². The molecule has 2 N–H and O–H groups in total. The van der Waals surface area contributed by atoms with Crippen LogP contribution in [0.2, 0.25) is 5.02 Å². The molecule has 10 heavy (non-hydrogen) atoms. The number of nitrogen functional groups attached to an aromatic ring is 1. The summed E-state index contributed by atoms with van der Waals surface area (Å²) in [6.45, 7) is 0. The van der Waals surface area contributed by atoms with Crippen LogP contribution in [0.5, 0.6) is 5.75 Å². The van der Waals surface area contributed by atoms with Gasteiger partial charge in [-0.3, -0.25) is 0 Å². The van der Waals surface area contributed by atoms with Crippen LogP contribution < -0.4 is 9.92 Å². The average molecular weight is 176 g/mol. The molecule has 0 aliphatic heterocycles. The van der Waals surface area contributed by atoms with Crippen molar-refractivity contribution < 1.29 is 4.18 Å². The quantitative estimate of drug-likeness (QED) is 0.390. The van der Waals surface area contributed by atoms with Crippen molar-refractivity contribution >= 4 is 30.2 Å². The van der Waals surface area contributed by atoms with Crippen molar-refractivity contribution in [3.63, 3.8) is 0 Å². The summed E-state index contributed by atoms with van der Waals surface area (Å²) in [6.07, 6.45) is 0. The summed E-state index contributed by atoms with van der Waals surface area (Å²) in [5, 5.41) is 0.504. The lowest BCUT2D eigenvalue weighted by molar-refractivity contribution is 0.660. The number of halogens is 1. The molecule has 4 heteroatoms. The molecule has 0 atom stereocenters. The molecular formula is C6H6ClNOS. The number of hydrogen-bond acceptors (Lipinski definition) is 3. The van der Waals surface area contributed by atoms with Gasteiger partial charge in [-0.2, -0.15) is 0 Å². The van der Waals surface area contributed by atoms with E-state index in [0.29, 0.717) is 16.5 Å². The molecule has 0 fully saturated rings. The van der Waals surface area contributed by atoms with E-state index in [1.165, 1.54) is 0 Å². The molecule has 0 saturated carbocycles. The van der Waals surface area contributed by atoms with Gasteiger partial charge in [0.25, 0.3) is 0 Å². The Labute approximate surface area is 69.6 Å². The predicted molar refractivity (Wildman–Crippen MR) is 45.5 cm³/mol. The Morgan fingerprint density at radius 1 is 1.50 bits per heavy atom. The summed E-state index contributed by atoms with van der Waals surface area (Å²) in [6, 6.07) is 4.95. The molecule has 54 valence electrons. The number of rotatable bonds is 1. The first kappa shape index (κ1) is 7.57. The second-order valence-corrected chi connectivity index (χ2v) is 2.37. The van der Waals surface area contributed by atoms with Crippen LogP contribution in [-0.4, -0.2) is 0 Å². The zero-order valence-electron chi connectivity index (χ0n) is 5.04. The van der Waals surface area contributed by atoms with Gasteiger partial charge in [-0.25, -0.2) is 0 Å². The van der Waals surface area contributed by atoms with E-state index in [4.69, 9.17) is 17.3 Å². The maximum atomic E-state index is 5.67. The Bertz CT molecular complexity index is 241. The molecule has 0 amide bonds. The van der Waals surface area contributed by atoms with Gasteiger partial charge in [-0.15, -0.1) is 0 Å². The molecule has 0 aromatic heterocycles. The van der Waals surface area contributed by atoms with Gasteiger partial charge in [0, 0.05) is 24.7 Å². The van der Waals surface area contributed by atoms with E-state index >= 15 is 0 Å². The third-order valence-electron chi connectivity index (χ3n) is 1.05. The van der Waals surface area contributed by atoms with Crippen molar-refractivity contribution in [3.8, 4) is 5.75 Å². The summed E-state index contributed by atoms with van der Waals surface area (Å²) in [5.41, 5.74) is 6.04. The van der Waals surface area contributed by atoms with Crippen molar-refractivity contribution in [2.45, 2.75) is 0 Å². The van der Waals surface area contributed by atoms with Crippen molar-refractivity contribution in [1.82, 2.24) is 0 Å². The van der Waals surface area contributed by atoms with E-state index in [1.54, 1.807) is 18.2 Å². The van der Waals surface area contributed by atoms with Crippen LogP contribution in [-0.2, 0) is 0 Å². The lowest BCUT2D eigenvalue weighted by Gasteiger charge is -2.00. The molecule has 2 nitrogen and oxygen atoms in total. The third kappa shape index (κ3) is 1.49. The molecule has 0 bridgehead atoms. The standard InChI is InChI=1S/C6H6ClNOS/c7-5-2-1-4(8)3-6(5)9-10/h1-3,10H,8H2. The summed E-state index contributed by atoms with van der Waals surface area (Å²) in [4.78, 5) is 0. The molecule has 0 saturated heterocycles. The van der Waals surface area contributed by atoms with Crippen LogP contribution >= 0.6 is 24.5 Å². The van der Waals surface area contributed by atoms with Crippen LogP contribution in [0.3, 0.4) is 0 Å². The highest BCUT2D eigenvalue weighted by atomic mass is 35.5. The number of nitrogens with two attached hydrogens (primary N) is 1. The molecule has 0 heterocycles. The van der Waals surface area contributed by atoms with Crippen molar-refractivity contribution in [2.24, 2.45) is 0 Å². The van der Waals surface area contributed by atoms with Crippen molar-refractivity contribution in [1.29, 1.82) is 0 Å². The molecule has 0 spiro atoms. The van der Waals surface area contributed by atoms with Gasteiger partial charge in [0.05, 0.1) is 5.02 Å². The number of thiol groups is 1. The average Bonchev–Trinajstić information content (AvgIpc) is 1.94. The molecule has 0 unspecified atom stereocenters. The minimum absolute atomic E-state index is 0.477. The van der Waals surface area contributed by atoms with Gasteiger partial charge < -0.3 is 9.92 Å². The maximum Gasteiger partial charge on any atom is 0.157 e. The molecule has 1 aromatic rings. The van der Waals surface area contributed by atoms with Gasteiger partial charge in [0.15, 0.2) is 5.75 Å².